The maximum absolute atomic E-state index is 14.2. The molecule has 0 radical (unpaired) electrons. The number of nitrogens with two attached hydrogens (primary N) is 1. The number of aliphatic hydroxyl groups excluding tert-OH is 2. The van der Waals surface area contributed by atoms with Crippen LogP contribution in [0.3, 0.4) is 0 Å². The summed E-state index contributed by atoms with van der Waals surface area (Å²) in [5.41, 5.74) is 5.30. The SMILES string of the molecule is CN(C)Cc1cccc(-c2cc(N(C)C)c3c(c2O)C(O)=C2C(=O)[C@@]4(O)C(O)=C(C(N)=O)C(=O)[C@H](N(C)C)[C@@H]4C[C@H]2C3)c1. The number of fused-ring (bicyclic) bond motifs is 3. The van der Waals surface area contributed by atoms with Gasteiger partial charge in [-0.1, -0.05) is 18.2 Å². The van der Waals surface area contributed by atoms with Crippen LogP contribution in [0.15, 0.2) is 47.2 Å². The molecule has 0 spiro atoms. The van der Waals surface area contributed by atoms with Gasteiger partial charge in [-0.15, -0.1) is 0 Å². The number of benzene rings is 2. The Labute approximate surface area is 250 Å². The van der Waals surface area contributed by atoms with Gasteiger partial charge in [-0.2, -0.15) is 0 Å². The lowest BCUT2D eigenvalue weighted by Crippen LogP contribution is -2.65. The Morgan fingerprint density at radius 2 is 1.72 bits per heavy atom. The van der Waals surface area contributed by atoms with E-state index in [-0.39, 0.29) is 29.7 Å². The first-order valence-electron chi connectivity index (χ1n) is 14.1. The minimum absolute atomic E-state index is 0.0354. The number of carbonyl (C=O) groups excluding carboxylic acids is 3. The Kier molecular flexibility index (Phi) is 7.40. The lowest BCUT2D eigenvalue weighted by atomic mass is 9.57. The van der Waals surface area contributed by atoms with E-state index in [1.807, 2.05) is 68.3 Å². The van der Waals surface area contributed by atoms with Gasteiger partial charge < -0.3 is 36.0 Å². The van der Waals surface area contributed by atoms with Gasteiger partial charge in [-0.25, -0.2) is 0 Å². The zero-order valence-corrected chi connectivity index (χ0v) is 25.2. The third-order valence-electron chi connectivity index (χ3n) is 8.92. The fourth-order valence-electron chi connectivity index (χ4n) is 7.11. The second kappa shape index (κ2) is 10.5. The van der Waals surface area contributed by atoms with E-state index in [1.165, 1.54) is 4.90 Å². The van der Waals surface area contributed by atoms with E-state index < -0.39 is 58.0 Å². The molecule has 43 heavy (non-hydrogen) atoms. The van der Waals surface area contributed by atoms with Crippen molar-refractivity contribution in [1.29, 1.82) is 0 Å². The highest BCUT2D eigenvalue weighted by molar-refractivity contribution is 6.24. The van der Waals surface area contributed by atoms with Crippen molar-refractivity contribution in [3.8, 4) is 16.9 Å². The second-order valence-corrected chi connectivity index (χ2v) is 12.4. The van der Waals surface area contributed by atoms with Gasteiger partial charge >= 0.3 is 0 Å². The van der Waals surface area contributed by atoms with Crippen molar-refractivity contribution in [3.63, 3.8) is 0 Å². The van der Waals surface area contributed by atoms with Crippen molar-refractivity contribution in [3.05, 3.63) is 63.9 Å². The molecule has 5 rings (SSSR count). The summed E-state index contributed by atoms with van der Waals surface area (Å²) in [5, 5.41) is 46.3. The first-order chi connectivity index (χ1) is 20.1. The summed E-state index contributed by atoms with van der Waals surface area (Å²) < 4.78 is 0. The summed E-state index contributed by atoms with van der Waals surface area (Å²) >= 11 is 0. The molecular weight excluding hydrogens is 552 g/mol. The second-order valence-electron chi connectivity index (χ2n) is 12.4. The maximum atomic E-state index is 14.2. The summed E-state index contributed by atoms with van der Waals surface area (Å²) in [5.74, 6) is -6.68. The number of hydrogen-bond acceptors (Lipinski definition) is 10. The van der Waals surface area contributed by atoms with Crippen LogP contribution >= 0.6 is 0 Å². The fourth-order valence-corrected chi connectivity index (χ4v) is 7.11. The van der Waals surface area contributed by atoms with E-state index in [0.717, 1.165) is 11.3 Å². The number of aromatic hydroxyl groups is 1. The van der Waals surface area contributed by atoms with E-state index in [1.54, 1.807) is 14.1 Å². The lowest BCUT2D eigenvalue weighted by molar-refractivity contribution is -0.153. The number of hydrogen-bond donors (Lipinski definition) is 5. The van der Waals surface area contributed by atoms with E-state index in [0.29, 0.717) is 23.2 Å². The average molecular weight is 591 g/mol. The largest absolute Gasteiger partial charge is 0.508 e. The van der Waals surface area contributed by atoms with Crippen LogP contribution in [0, 0.1) is 11.8 Å². The van der Waals surface area contributed by atoms with Crippen LogP contribution < -0.4 is 10.6 Å². The van der Waals surface area contributed by atoms with Crippen molar-refractivity contribution in [2.24, 2.45) is 17.6 Å². The molecular formula is C32H38N4O7. The number of ketones is 2. The van der Waals surface area contributed by atoms with Crippen LogP contribution in [0.4, 0.5) is 5.69 Å². The van der Waals surface area contributed by atoms with Crippen LogP contribution in [-0.4, -0.2) is 102 Å². The molecule has 0 aromatic heterocycles. The Morgan fingerprint density at radius 1 is 1.05 bits per heavy atom. The van der Waals surface area contributed by atoms with Gasteiger partial charge in [0.1, 0.15) is 22.8 Å². The number of carbonyl (C=O) groups is 3. The zero-order chi connectivity index (χ0) is 31.7. The van der Waals surface area contributed by atoms with E-state index in [9.17, 15) is 34.8 Å². The molecule has 4 atom stereocenters. The molecule has 3 aliphatic carbocycles. The van der Waals surface area contributed by atoms with Crippen LogP contribution in [-0.2, 0) is 27.3 Å². The number of primary amides is 1. The van der Waals surface area contributed by atoms with Gasteiger partial charge in [0.15, 0.2) is 11.4 Å². The molecule has 0 heterocycles. The third kappa shape index (κ3) is 4.50. The number of amides is 1. The minimum Gasteiger partial charge on any atom is -0.508 e. The highest BCUT2D eigenvalue weighted by Crippen LogP contribution is 2.54. The van der Waals surface area contributed by atoms with Crippen LogP contribution in [0.5, 0.6) is 5.75 Å². The summed E-state index contributed by atoms with van der Waals surface area (Å²) in [4.78, 5) is 45.1. The Morgan fingerprint density at radius 3 is 2.30 bits per heavy atom. The van der Waals surface area contributed by atoms with Crippen molar-refractivity contribution < 1.29 is 34.8 Å². The fraction of sp³-hybridized carbons (Fsp3) is 0.406. The Hall–Kier alpha value is -4.19. The number of Topliss-reactive ketones (excluding diaryl/α,β-unsaturated/α-hetero) is 2. The molecule has 0 bridgehead atoms. The highest BCUT2D eigenvalue weighted by atomic mass is 16.3. The highest BCUT2D eigenvalue weighted by Gasteiger charge is 2.64. The molecule has 2 aromatic carbocycles. The average Bonchev–Trinajstić information content (AvgIpc) is 2.90. The molecule has 2 aromatic rings. The quantitative estimate of drug-likeness (QED) is 0.313. The third-order valence-corrected chi connectivity index (χ3v) is 8.92. The molecule has 6 N–H and O–H groups in total. The molecule has 11 heteroatoms. The summed E-state index contributed by atoms with van der Waals surface area (Å²) in [6, 6.07) is 8.38. The molecule has 228 valence electrons. The summed E-state index contributed by atoms with van der Waals surface area (Å²) in [7, 11) is 10.7. The van der Waals surface area contributed by atoms with Crippen LogP contribution in [0.1, 0.15) is 23.1 Å². The van der Waals surface area contributed by atoms with E-state index >= 15 is 0 Å². The molecule has 11 nitrogen and oxygen atoms in total. The number of anilines is 1. The van der Waals surface area contributed by atoms with E-state index in [2.05, 4.69) is 0 Å². The summed E-state index contributed by atoms with van der Waals surface area (Å²) in [6.45, 7) is 0.673. The van der Waals surface area contributed by atoms with Gasteiger partial charge in [-0.3, -0.25) is 19.3 Å². The Bertz CT molecular complexity index is 1620. The standard InChI is InChI=1S/C32H38N4O7/c1-34(2)14-15-8-7-9-16(10-15)18-13-21(35(3)4)19-11-17-12-20-25(36(5)6)28(39)24(31(33)42)30(41)32(20,43)29(40)22(17)27(38)23(19)26(18)37/h7-10,13,17,20,25,37-38,41,43H,11-12,14H2,1-6H3,(H2,33,42)/t17-,20+,25-,32-/m1/s1. The first-order valence-corrected chi connectivity index (χ1v) is 14.1. The maximum Gasteiger partial charge on any atom is 0.255 e. The van der Waals surface area contributed by atoms with Crippen LogP contribution in [0.2, 0.25) is 0 Å². The molecule has 1 amide bonds. The molecule has 1 fully saturated rings. The van der Waals surface area contributed by atoms with Crippen molar-refractivity contribution in [2.75, 3.05) is 47.2 Å². The number of nitrogens with zero attached hydrogens (tertiary/aromatic N) is 3. The van der Waals surface area contributed by atoms with E-state index in [4.69, 9.17) is 5.73 Å². The lowest BCUT2D eigenvalue weighted by Gasteiger charge is -2.50. The molecule has 0 aliphatic heterocycles. The van der Waals surface area contributed by atoms with Gasteiger partial charge in [0.25, 0.3) is 5.91 Å². The van der Waals surface area contributed by atoms with Crippen molar-refractivity contribution in [1.82, 2.24) is 9.80 Å². The van der Waals surface area contributed by atoms with Gasteiger partial charge in [0, 0.05) is 43.4 Å². The minimum atomic E-state index is -2.68. The number of rotatable bonds is 6. The molecule has 3 aliphatic rings. The first kappa shape index (κ1) is 30.3. The normalized spacial score (nSPS) is 25.2. The monoisotopic (exact) mass is 590 g/mol. The number of aliphatic hydroxyl groups is 3. The number of phenols is 1. The summed E-state index contributed by atoms with van der Waals surface area (Å²) in [6.07, 6.45) is 0.254. The molecule has 1 saturated carbocycles. The number of phenolic OH excluding ortho intramolecular Hbond substituents is 1. The molecule has 0 unspecified atom stereocenters. The van der Waals surface area contributed by atoms with Gasteiger partial charge in [0.2, 0.25) is 5.78 Å². The predicted molar refractivity (Wildman–Crippen MR) is 161 cm³/mol. The van der Waals surface area contributed by atoms with Crippen molar-refractivity contribution >= 4 is 28.9 Å². The predicted octanol–water partition coefficient (Wildman–Crippen LogP) is 1.76. The van der Waals surface area contributed by atoms with Crippen molar-refractivity contribution in [2.45, 2.75) is 31.0 Å². The smallest absolute Gasteiger partial charge is 0.255 e. The molecule has 0 saturated heterocycles. The topological polar surface area (TPSA) is 168 Å². The number of likely N-dealkylation sites (N-methyl/N-ethyl adjacent to an activating group) is 1. The Balaban J connectivity index is 1.74. The van der Waals surface area contributed by atoms with Gasteiger partial charge in [-0.05, 0) is 75.8 Å². The van der Waals surface area contributed by atoms with Gasteiger partial charge in [0.05, 0.1) is 11.6 Å². The zero-order valence-electron chi connectivity index (χ0n) is 25.2. The van der Waals surface area contributed by atoms with Crippen LogP contribution in [0.25, 0.3) is 16.9 Å².